The number of nitrogens with two attached hydrogens (primary N) is 1. The van der Waals surface area contributed by atoms with Crippen molar-refractivity contribution in [3.8, 4) is 5.75 Å². The molecule has 3 aromatic rings. The number of benzene rings is 2. The normalized spacial score (nSPS) is 14.9. The quantitative estimate of drug-likeness (QED) is 0.619. The summed E-state index contributed by atoms with van der Waals surface area (Å²) in [5.74, 6) is -2.11. The highest BCUT2D eigenvalue weighted by Crippen LogP contribution is 2.31. The lowest BCUT2D eigenvalue weighted by atomic mass is 10.0. The summed E-state index contributed by atoms with van der Waals surface area (Å²) in [7, 11) is 1.22. The van der Waals surface area contributed by atoms with Gasteiger partial charge in [0.1, 0.15) is 12.1 Å². The fourth-order valence-corrected chi connectivity index (χ4v) is 3.60. The maximum atomic E-state index is 14.4. The van der Waals surface area contributed by atoms with Crippen LogP contribution in [0, 0.1) is 11.6 Å². The molecule has 1 unspecified atom stereocenters. The van der Waals surface area contributed by atoms with Gasteiger partial charge in [0.15, 0.2) is 17.4 Å². The number of hydrogen-bond donors (Lipinski definition) is 2. The van der Waals surface area contributed by atoms with Crippen LogP contribution in [0.15, 0.2) is 36.7 Å². The molecular formula is C21H21F2N5O2. The number of nitrogens with one attached hydrogen (secondary N) is 1. The van der Waals surface area contributed by atoms with Crippen LogP contribution >= 0.6 is 0 Å². The van der Waals surface area contributed by atoms with Gasteiger partial charge in [0, 0.05) is 11.9 Å². The monoisotopic (exact) mass is 413 g/mol. The molecule has 1 fully saturated rings. The van der Waals surface area contributed by atoms with Gasteiger partial charge in [-0.05, 0) is 49.3 Å². The number of para-hydroxylation sites is 1. The van der Waals surface area contributed by atoms with E-state index in [-0.39, 0.29) is 5.56 Å². The average Bonchev–Trinajstić information content (AvgIpc) is 2.69. The van der Waals surface area contributed by atoms with Crippen molar-refractivity contribution >= 4 is 22.6 Å². The van der Waals surface area contributed by atoms with E-state index in [1.165, 1.54) is 25.6 Å². The average molecular weight is 413 g/mol. The first-order chi connectivity index (χ1) is 14.5. The molecule has 0 saturated carbocycles. The number of methoxy groups -OCH3 is 1. The standard InChI is InChI=1S/C21H21F2N5O2/c1-30-19-15(22)8-12(9-16(19)23)17(10-28-6-3-7-28)27-21-14-5-2-4-13(20(24)29)18(14)25-11-26-21/h2,4-5,8-9,11,17H,3,6-7,10H2,1H3,(H2,24,29)(H,25,26,27). The van der Waals surface area contributed by atoms with Crippen LogP contribution in [0.5, 0.6) is 5.75 Å². The highest BCUT2D eigenvalue weighted by atomic mass is 19.1. The molecule has 0 bridgehead atoms. The number of hydrogen-bond acceptors (Lipinski definition) is 6. The van der Waals surface area contributed by atoms with Crippen LogP contribution in [-0.2, 0) is 0 Å². The molecule has 1 saturated heterocycles. The minimum atomic E-state index is -0.772. The molecule has 0 spiro atoms. The summed E-state index contributed by atoms with van der Waals surface area (Å²) in [5, 5.41) is 3.87. The van der Waals surface area contributed by atoms with E-state index < -0.39 is 29.3 Å². The Balaban J connectivity index is 1.75. The zero-order valence-corrected chi connectivity index (χ0v) is 16.4. The second kappa shape index (κ2) is 8.19. The first-order valence-corrected chi connectivity index (χ1v) is 9.53. The van der Waals surface area contributed by atoms with Crippen LogP contribution in [0.4, 0.5) is 14.6 Å². The molecule has 1 amide bonds. The zero-order valence-electron chi connectivity index (χ0n) is 16.4. The maximum Gasteiger partial charge on any atom is 0.250 e. The first kappa shape index (κ1) is 20.0. The van der Waals surface area contributed by atoms with Gasteiger partial charge in [0.25, 0.3) is 5.91 Å². The van der Waals surface area contributed by atoms with Gasteiger partial charge in [-0.1, -0.05) is 6.07 Å². The Labute approximate surface area is 171 Å². The summed E-state index contributed by atoms with van der Waals surface area (Å²) < 4.78 is 33.5. The van der Waals surface area contributed by atoms with E-state index in [0.717, 1.165) is 19.5 Å². The molecule has 1 aliphatic heterocycles. The second-order valence-electron chi connectivity index (χ2n) is 7.16. The summed E-state index contributed by atoms with van der Waals surface area (Å²) in [6.07, 6.45) is 2.41. The lowest BCUT2D eigenvalue weighted by Gasteiger charge is -2.35. The van der Waals surface area contributed by atoms with E-state index in [0.29, 0.717) is 28.8 Å². The Bertz CT molecular complexity index is 1080. The molecule has 156 valence electrons. The fraction of sp³-hybridized carbons (Fsp3) is 0.286. The third-order valence-corrected chi connectivity index (χ3v) is 5.26. The van der Waals surface area contributed by atoms with Crippen molar-refractivity contribution in [2.24, 2.45) is 5.73 Å². The highest BCUT2D eigenvalue weighted by Gasteiger charge is 2.24. The maximum absolute atomic E-state index is 14.4. The van der Waals surface area contributed by atoms with E-state index in [4.69, 9.17) is 10.5 Å². The number of fused-ring (bicyclic) bond motifs is 1. The van der Waals surface area contributed by atoms with Gasteiger partial charge in [-0.3, -0.25) is 4.79 Å². The number of ether oxygens (including phenoxy) is 1. The highest BCUT2D eigenvalue weighted by molar-refractivity contribution is 6.06. The van der Waals surface area contributed by atoms with Crippen molar-refractivity contribution < 1.29 is 18.3 Å². The molecule has 30 heavy (non-hydrogen) atoms. The predicted octanol–water partition coefficient (Wildman–Crippen LogP) is 2.87. The Morgan fingerprint density at radius 1 is 1.27 bits per heavy atom. The second-order valence-corrected chi connectivity index (χ2v) is 7.16. The molecular weight excluding hydrogens is 392 g/mol. The van der Waals surface area contributed by atoms with Crippen LogP contribution in [-0.4, -0.2) is 47.5 Å². The van der Waals surface area contributed by atoms with E-state index in [1.54, 1.807) is 18.2 Å². The van der Waals surface area contributed by atoms with Crippen molar-refractivity contribution in [3.05, 3.63) is 59.4 Å². The van der Waals surface area contributed by atoms with Gasteiger partial charge in [0.2, 0.25) is 0 Å². The summed E-state index contributed by atoms with van der Waals surface area (Å²) in [4.78, 5) is 22.4. The molecule has 7 nitrogen and oxygen atoms in total. The number of anilines is 1. The summed E-state index contributed by atoms with van der Waals surface area (Å²) in [6, 6.07) is 7.12. The summed E-state index contributed by atoms with van der Waals surface area (Å²) in [5.41, 5.74) is 6.57. The number of amides is 1. The zero-order chi connectivity index (χ0) is 21.3. The largest absolute Gasteiger partial charge is 0.491 e. The van der Waals surface area contributed by atoms with Crippen LogP contribution in [0.3, 0.4) is 0 Å². The van der Waals surface area contributed by atoms with Crippen molar-refractivity contribution in [1.82, 2.24) is 14.9 Å². The topological polar surface area (TPSA) is 93.4 Å². The molecule has 0 aliphatic carbocycles. The molecule has 0 radical (unpaired) electrons. The van der Waals surface area contributed by atoms with Gasteiger partial charge in [0.05, 0.1) is 24.2 Å². The lowest BCUT2D eigenvalue weighted by molar-refractivity contribution is 0.100. The number of likely N-dealkylation sites (tertiary alicyclic amines) is 1. The molecule has 1 aliphatic rings. The predicted molar refractivity (Wildman–Crippen MR) is 108 cm³/mol. The van der Waals surface area contributed by atoms with E-state index >= 15 is 0 Å². The van der Waals surface area contributed by atoms with Crippen molar-refractivity contribution in [1.29, 1.82) is 0 Å². The van der Waals surface area contributed by atoms with E-state index in [1.807, 2.05) is 0 Å². The number of rotatable bonds is 7. The number of carbonyl (C=O) groups is 1. The van der Waals surface area contributed by atoms with Crippen molar-refractivity contribution in [2.45, 2.75) is 12.5 Å². The van der Waals surface area contributed by atoms with Crippen LogP contribution < -0.4 is 15.8 Å². The van der Waals surface area contributed by atoms with Gasteiger partial charge in [-0.2, -0.15) is 0 Å². The van der Waals surface area contributed by atoms with Crippen LogP contribution in [0.1, 0.15) is 28.4 Å². The van der Waals surface area contributed by atoms with Gasteiger partial charge in [-0.25, -0.2) is 18.7 Å². The molecule has 2 heterocycles. The minimum Gasteiger partial charge on any atom is -0.491 e. The van der Waals surface area contributed by atoms with Crippen molar-refractivity contribution in [2.75, 3.05) is 32.1 Å². The molecule has 3 N–H and O–H groups in total. The third-order valence-electron chi connectivity index (χ3n) is 5.26. The van der Waals surface area contributed by atoms with Gasteiger partial charge in [-0.15, -0.1) is 0 Å². The summed E-state index contributed by atoms with van der Waals surface area (Å²) in [6.45, 7) is 2.36. The third kappa shape index (κ3) is 3.76. The number of nitrogens with zero attached hydrogens (tertiary/aromatic N) is 3. The summed E-state index contributed by atoms with van der Waals surface area (Å²) >= 11 is 0. The molecule has 2 aromatic carbocycles. The van der Waals surface area contributed by atoms with Gasteiger partial charge >= 0.3 is 0 Å². The Morgan fingerprint density at radius 3 is 2.60 bits per heavy atom. The van der Waals surface area contributed by atoms with Crippen LogP contribution in [0.25, 0.3) is 10.9 Å². The van der Waals surface area contributed by atoms with E-state index in [9.17, 15) is 13.6 Å². The van der Waals surface area contributed by atoms with Crippen molar-refractivity contribution in [3.63, 3.8) is 0 Å². The Morgan fingerprint density at radius 2 is 2.00 bits per heavy atom. The Hall–Kier alpha value is -3.33. The minimum absolute atomic E-state index is 0.277. The molecule has 9 heteroatoms. The van der Waals surface area contributed by atoms with Gasteiger partial charge < -0.3 is 20.7 Å². The number of halogens is 2. The number of aromatic nitrogens is 2. The smallest absolute Gasteiger partial charge is 0.250 e. The lowest BCUT2D eigenvalue weighted by Crippen LogP contribution is -2.41. The number of primary amides is 1. The number of carbonyl (C=O) groups excluding carboxylic acids is 1. The molecule has 1 atom stereocenters. The molecule has 1 aromatic heterocycles. The SMILES string of the molecule is COc1c(F)cc(C(CN2CCC2)Nc2ncnc3c(C(N)=O)cccc23)cc1F. The fourth-order valence-electron chi connectivity index (χ4n) is 3.60. The molecule has 4 rings (SSSR count). The van der Waals surface area contributed by atoms with Crippen LogP contribution in [0.2, 0.25) is 0 Å². The Kier molecular flexibility index (Phi) is 5.45. The van der Waals surface area contributed by atoms with E-state index in [2.05, 4.69) is 20.2 Å². The first-order valence-electron chi connectivity index (χ1n) is 9.53.